The fraction of sp³-hybridized carbons (Fsp3) is 0.227. The summed E-state index contributed by atoms with van der Waals surface area (Å²) in [6.07, 6.45) is 10.2. The zero-order chi connectivity index (χ0) is 18.3. The topological polar surface area (TPSA) is 43.1 Å². The van der Waals surface area contributed by atoms with E-state index in [1.165, 1.54) is 5.56 Å². The molecule has 0 fully saturated rings. The van der Waals surface area contributed by atoms with Gasteiger partial charge >= 0.3 is 0 Å². The van der Waals surface area contributed by atoms with Crippen LogP contribution in [0.3, 0.4) is 0 Å². The molecular formula is C22H23NOS. The van der Waals surface area contributed by atoms with E-state index < -0.39 is 5.41 Å². The molecular weight excluding hydrogens is 326 g/mol. The lowest BCUT2D eigenvalue weighted by Crippen LogP contribution is -2.41. The molecule has 0 aliphatic carbocycles. The quantitative estimate of drug-likeness (QED) is 0.573. The number of allylic oxidation sites excluding steroid dienone is 2. The molecule has 0 aromatic heterocycles. The molecule has 2 rings (SSSR count). The summed E-state index contributed by atoms with van der Waals surface area (Å²) < 4.78 is 0. The van der Waals surface area contributed by atoms with Crippen molar-refractivity contribution in [3.05, 3.63) is 71.8 Å². The third kappa shape index (κ3) is 4.35. The van der Waals surface area contributed by atoms with Crippen LogP contribution in [0.25, 0.3) is 0 Å². The van der Waals surface area contributed by atoms with E-state index in [9.17, 15) is 4.79 Å². The Hall–Kier alpha value is -2.44. The highest BCUT2D eigenvalue weighted by Gasteiger charge is 2.38. The normalized spacial score (nSPS) is 13.3. The average Bonchev–Trinajstić information content (AvgIpc) is 2.61. The molecule has 0 saturated heterocycles. The largest absolute Gasteiger partial charge is 0.369 e. The molecule has 0 saturated carbocycles. The van der Waals surface area contributed by atoms with Crippen molar-refractivity contribution in [3.8, 4) is 12.3 Å². The second-order valence-corrected chi connectivity index (χ2v) is 7.13. The summed E-state index contributed by atoms with van der Waals surface area (Å²) in [7, 11) is 0. The van der Waals surface area contributed by atoms with Crippen molar-refractivity contribution in [2.24, 2.45) is 5.73 Å². The van der Waals surface area contributed by atoms with Gasteiger partial charge in [-0.2, -0.15) is 0 Å². The molecule has 128 valence electrons. The number of carbonyl (C=O) groups is 1. The van der Waals surface area contributed by atoms with Crippen LogP contribution in [0.4, 0.5) is 0 Å². The van der Waals surface area contributed by atoms with Gasteiger partial charge in [0.25, 0.3) is 0 Å². The zero-order valence-corrected chi connectivity index (χ0v) is 15.5. The Bertz CT molecular complexity index is 802. The monoisotopic (exact) mass is 349 g/mol. The van der Waals surface area contributed by atoms with E-state index in [2.05, 4.69) is 37.1 Å². The van der Waals surface area contributed by atoms with Crippen LogP contribution >= 0.6 is 11.8 Å². The summed E-state index contributed by atoms with van der Waals surface area (Å²) >= 11 is 1.63. The van der Waals surface area contributed by atoms with Crippen LogP contribution in [-0.2, 0) is 10.2 Å². The Morgan fingerprint density at radius 2 is 1.92 bits per heavy atom. The first kappa shape index (κ1) is 18.9. The molecule has 0 aliphatic rings. The van der Waals surface area contributed by atoms with E-state index in [1.54, 1.807) is 11.8 Å². The van der Waals surface area contributed by atoms with Gasteiger partial charge in [0.2, 0.25) is 5.91 Å². The maximum atomic E-state index is 12.5. The predicted molar refractivity (Wildman–Crippen MR) is 105 cm³/mol. The average molecular weight is 349 g/mol. The number of benzene rings is 2. The Morgan fingerprint density at radius 3 is 2.52 bits per heavy atom. The third-order valence-electron chi connectivity index (χ3n) is 4.23. The molecule has 0 aliphatic heterocycles. The van der Waals surface area contributed by atoms with Gasteiger partial charge in [-0.15, -0.1) is 12.3 Å². The van der Waals surface area contributed by atoms with Crippen LogP contribution in [0.2, 0.25) is 0 Å². The molecule has 3 heteroatoms. The molecule has 2 aromatic rings. The lowest BCUT2D eigenvalue weighted by Gasteiger charge is -2.30. The number of rotatable bonds is 7. The van der Waals surface area contributed by atoms with Crippen LogP contribution in [0.1, 0.15) is 30.9 Å². The maximum Gasteiger partial charge on any atom is 0.229 e. The molecule has 0 spiro atoms. The van der Waals surface area contributed by atoms with Gasteiger partial charge in [0, 0.05) is 16.2 Å². The smallest absolute Gasteiger partial charge is 0.229 e. The summed E-state index contributed by atoms with van der Waals surface area (Å²) in [4.78, 5) is 14.6. The lowest BCUT2D eigenvalue weighted by atomic mass is 9.74. The Balaban J connectivity index is 2.52. The van der Waals surface area contributed by atoms with Gasteiger partial charge < -0.3 is 5.73 Å². The van der Waals surface area contributed by atoms with Crippen molar-refractivity contribution >= 4 is 17.7 Å². The van der Waals surface area contributed by atoms with Gasteiger partial charge in [0.15, 0.2) is 0 Å². The van der Waals surface area contributed by atoms with Crippen molar-refractivity contribution in [1.82, 2.24) is 0 Å². The van der Waals surface area contributed by atoms with Gasteiger partial charge in [0.05, 0.1) is 5.41 Å². The fourth-order valence-corrected chi connectivity index (χ4v) is 3.82. The van der Waals surface area contributed by atoms with Gasteiger partial charge in [-0.1, -0.05) is 59.8 Å². The minimum absolute atomic E-state index is 0.276. The number of aryl methyl sites for hydroxylation is 1. The molecule has 2 nitrogen and oxygen atoms in total. The number of hydrogen-bond acceptors (Lipinski definition) is 2. The van der Waals surface area contributed by atoms with E-state index >= 15 is 0 Å². The van der Waals surface area contributed by atoms with Gasteiger partial charge in [-0.25, -0.2) is 0 Å². The number of primary amides is 1. The van der Waals surface area contributed by atoms with Gasteiger partial charge in [-0.05, 0) is 44.0 Å². The predicted octanol–water partition coefficient (Wildman–Crippen LogP) is 4.86. The van der Waals surface area contributed by atoms with E-state index in [4.69, 9.17) is 12.2 Å². The number of hydrogen-bond donors (Lipinski definition) is 1. The molecule has 1 atom stereocenters. The SMILES string of the molecule is C#CC[C@@](C/C=C/C)(C(N)=O)c1ccccc1Sc1ccc(C)cc1. The Labute approximate surface area is 154 Å². The Morgan fingerprint density at radius 1 is 1.24 bits per heavy atom. The fourth-order valence-electron chi connectivity index (χ4n) is 2.78. The van der Waals surface area contributed by atoms with E-state index in [1.807, 2.05) is 43.3 Å². The van der Waals surface area contributed by atoms with Crippen LogP contribution in [-0.4, -0.2) is 5.91 Å². The van der Waals surface area contributed by atoms with E-state index in [-0.39, 0.29) is 12.3 Å². The van der Waals surface area contributed by atoms with Gasteiger partial charge in [0.1, 0.15) is 0 Å². The van der Waals surface area contributed by atoms with Crippen molar-refractivity contribution in [1.29, 1.82) is 0 Å². The summed E-state index contributed by atoms with van der Waals surface area (Å²) in [5, 5.41) is 0. The van der Waals surface area contributed by atoms with Crippen LogP contribution in [0.15, 0.2) is 70.5 Å². The molecule has 0 bridgehead atoms. The molecule has 2 aromatic carbocycles. The minimum Gasteiger partial charge on any atom is -0.369 e. The molecule has 25 heavy (non-hydrogen) atoms. The van der Waals surface area contributed by atoms with Crippen molar-refractivity contribution in [3.63, 3.8) is 0 Å². The molecule has 0 radical (unpaired) electrons. The molecule has 1 amide bonds. The zero-order valence-electron chi connectivity index (χ0n) is 14.7. The molecule has 0 heterocycles. The first-order chi connectivity index (χ1) is 12.0. The molecule has 2 N–H and O–H groups in total. The lowest BCUT2D eigenvalue weighted by molar-refractivity contribution is -0.123. The summed E-state index contributed by atoms with van der Waals surface area (Å²) in [5.41, 5.74) is 7.05. The minimum atomic E-state index is -0.893. The van der Waals surface area contributed by atoms with Crippen molar-refractivity contribution in [2.45, 2.75) is 41.9 Å². The highest BCUT2D eigenvalue weighted by atomic mass is 32.2. The second kappa shape index (κ2) is 8.60. The number of nitrogens with two attached hydrogens (primary N) is 1. The standard InChI is InChI=1S/C22H23NOS/c1-4-6-16-22(15-5-2,21(23)24)19-9-7-8-10-20(19)25-18-13-11-17(3)12-14-18/h2,4,6-14H,15-16H2,1,3H3,(H2,23,24)/b6-4+/t22-/m0/s1. The second-order valence-electron chi connectivity index (χ2n) is 6.01. The summed E-state index contributed by atoms with van der Waals surface area (Å²) in [6.45, 7) is 3.99. The van der Waals surface area contributed by atoms with Crippen LogP contribution in [0.5, 0.6) is 0 Å². The number of terminal acetylenes is 1. The van der Waals surface area contributed by atoms with Crippen molar-refractivity contribution in [2.75, 3.05) is 0 Å². The van der Waals surface area contributed by atoms with Crippen LogP contribution < -0.4 is 5.73 Å². The first-order valence-electron chi connectivity index (χ1n) is 8.22. The number of amides is 1. The molecule has 0 unspecified atom stereocenters. The third-order valence-corrected chi connectivity index (χ3v) is 5.31. The van der Waals surface area contributed by atoms with E-state index in [0.29, 0.717) is 6.42 Å². The van der Waals surface area contributed by atoms with Crippen molar-refractivity contribution < 1.29 is 4.79 Å². The van der Waals surface area contributed by atoms with E-state index in [0.717, 1.165) is 15.4 Å². The Kier molecular flexibility index (Phi) is 6.50. The maximum absolute atomic E-state index is 12.5. The highest BCUT2D eigenvalue weighted by Crippen LogP contribution is 2.40. The number of carbonyl (C=O) groups excluding carboxylic acids is 1. The highest BCUT2D eigenvalue weighted by molar-refractivity contribution is 7.99. The van der Waals surface area contributed by atoms with Crippen LogP contribution in [0, 0.1) is 19.3 Å². The van der Waals surface area contributed by atoms with Gasteiger partial charge in [-0.3, -0.25) is 4.79 Å². The summed E-state index contributed by atoms with van der Waals surface area (Å²) in [6, 6.07) is 16.2. The summed E-state index contributed by atoms with van der Waals surface area (Å²) in [5.74, 6) is 2.26. The first-order valence-corrected chi connectivity index (χ1v) is 9.03.